The molecule has 29 heavy (non-hydrogen) atoms. The monoisotopic (exact) mass is 438 g/mol. The maximum Gasteiger partial charge on any atom is 0.220 e. The topological polar surface area (TPSA) is 59.0 Å². The summed E-state index contributed by atoms with van der Waals surface area (Å²) >= 11 is 0. The number of aryl methyl sites for hydroxylation is 2. The van der Waals surface area contributed by atoms with E-state index in [2.05, 4.69) is 59.9 Å². The number of benzene rings is 1. The van der Waals surface area contributed by atoms with Crippen molar-refractivity contribution < 1.29 is 4.79 Å². The van der Waals surface area contributed by atoms with Gasteiger partial charge in [0.15, 0.2) is 0 Å². The van der Waals surface area contributed by atoms with E-state index in [4.69, 9.17) is 0 Å². The van der Waals surface area contributed by atoms with Crippen LogP contribution in [0.4, 0.5) is 0 Å². The molecule has 0 saturated carbocycles. The van der Waals surface area contributed by atoms with Crippen LogP contribution in [0.5, 0.6) is 0 Å². The van der Waals surface area contributed by atoms with Crippen molar-refractivity contribution in [3.63, 3.8) is 0 Å². The summed E-state index contributed by atoms with van der Waals surface area (Å²) in [7, 11) is 0. The summed E-state index contributed by atoms with van der Waals surface area (Å²) in [4.78, 5) is 12.5. The van der Waals surface area contributed by atoms with Gasteiger partial charge in [-0.3, -0.25) is 4.79 Å². The number of piperidine rings is 1. The van der Waals surface area contributed by atoms with Crippen LogP contribution in [-0.2, 0) is 4.79 Å². The number of carbonyl (C=O) groups excluding carboxylic acids is 1. The fraction of sp³-hybridized carbons (Fsp3) is 0.545. The molecule has 4 rings (SSSR count). The van der Waals surface area contributed by atoms with Gasteiger partial charge in [-0.05, 0) is 76.1 Å². The Kier molecular flexibility index (Phi) is 8.15. The van der Waals surface area contributed by atoms with Crippen molar-refractivity contribution in [2.24, 2.45) is 5.92 Å². The summed E-state index contributed by atoms with van der Waals surface area (Å²) < 4.78 is 1.95. The normalized spacial score (nSPS) is 23.6. The van der Waals surface area contributed by atoms with Crippen LogP contribution in [0.1, 0.15) is 62.0 Å². The van der Waals surface area contributed by atoms with Gasteiger partial charge in [0.2, 0.25) is 5.91 Å². The molecular weight excluding hydrogens is 407 g/mol. The van der Waals surface area contributed by atoms with Gasteiger partial charge in [-0.15, -0.1) is 24.8 Å². The molecule has 2 N–H and O–H groups in total. The molecule has 0 aliphatic carbocycles. The minimum Gasteiger partial charge on any atom is -0.350 e. The van der Waals surface area contributed by atoms with Gasteiger partial charge in [-0.2, -0.15) is 5.10 Å². The van der Waals surface area contributed by atoms with E-state index < -0.39 is 0 Å². The second-order valence-corrected chi connectivity index (χ2v) is 8.40. The second-order valence-electron chi connectivity index (χ2n) is 8.40. The predicted molar refractivity (Wildman–Crippen MR) is 121 cm³/mol. The summed E-state index contributed by atoms with van der Waals surface area (Å²) in [5, 5.41) is 11.4. The summed E-state index contributed by atoms with van der Waals surface area (Å²) in [5.74, 6) is 0.709. The first-order valence-electron chi connectivity index (χ1n) is 10.2. The van der Waals surface area contributed by atoms with Crippen molar-refractivity contribution in [2.45, 2.75) is 71.0 Å². The van der Waals surface area contributed by atoms with Gasteiger partial charge in [0.1, 0.15) is 0 Å². The fourth-order valence-electron chi connectivity index (χ4n) is 4.78. The Morgan fingerprint density at radius 2 is 1.79 bits per heavy atom. The van der Waals surface area contributed by atoms with E-state index in [0.717, 1.165) is 35.5 Å². The third-order valence-corrected chi connectivity index (χ3v) is 6.07. The summed E-state index contributed by atoms with van der Waals surface area (Å²) in [6.45, 7) is 6.12. The van der Waals surface area contributed by atoms with Crippen molar-refractivity contribution in [1.82, 2.24) is 20.4 Å². The SMILES string of the molecule is Cc1cc(C)n(-c2ccc(C(C)NC(=O)CC3CC4CCC(C3)N4)cc2)n1.Cl.Cl. The van der Waals surface area contributed by atoms with Gasteiger partial charge < -0.3 is 10.6 Å². The molecule has 0 spiro atoms. The van der Waals surface area contributed by atoms with E-state index in [1.807, 2.05) is 11.6 Å². The molecule has 7 heteroatoms. The standard InChI is InChI=1S/C22H30N4O.2ClH/c1-14-10-15(2)26(25-14)21-8-4-18(5-9-21)16(3)23-22(27)13-17-11-19-6-7-20(12-17)24-19;;/h4-5,8-10,16-17,19-20,24H,6-7,11-13H2,1-3H3,(H,23,27);2*1H. The first-order valence-corrected chi connectivity index (χ1v) is 10.2. The van der Waals surface area contributed by atoms with Gasteiger partial charge in [0.05, 0.1) is 17.4 Å². The highest BCUT2D eigenvalue weighted by Gasteiger charge is 2.34. The largest absolute Gasteiger partial charge is 0.350 e. The Labute approximate surface area is 185 Å². The first kappa shape index (κ1) is 23.7. The maximum atomic E-state index is 12.5. The maximum absolute atomic E-state index is 12.5. The van der Waals surface area contributed by atoms with Crippen LogP contribution in [0.3, 0.4) is 0 Å². The van der Waals surface area contributed by atoms with E-state index in [1.165, 1.54) is 12.8 Å². The molecule has 2 aliphatic heterocycles. The minimum absolute atomic E-state index is 0. The molecule has 2 aromatic rings. The molecule has 2 saturated heterocycles. The van der Waals surface area contributed by atoms with Crippen LogP contribution in [0, 0.1) is 19.8 Å². The lowest BCUT2D eigenvalue weighted by atomic mass is 9.89. The quantitative estimate of drug-likeness (QED) is 0.725. The van der Waals surface area contributed by atoms with Crippen LogP contribution in [0.15, 0.2) is 30.3 Å². The molecule has 160 valence electrons. The highest BCUT2D eigenvalue weighted by Crippen LogP contribution is 2.32. The van der Waals surface area contributed by atoms with Crippen molar-refractivity contribution >= 4 is 30.7 Å². The van der Waals surface area contributed by atoms with Crippen molar-refractivity contribution in [3.8, 4) is 5.69 Å². The Bertz CT molecular complexity index is 809. The molecule has 1 aromatic heterocycles. The summed E-state index contributed by atoms with van der Waals surface area (Å²) in [6, 6.07) is 11.7. The Balaban J connectivity index is 0.00000150. The lowest BCUT2D eigenvalue weighted by molar-refractivity contribution is -0.122. The number of fused-ring (bicyclic) bond motifs is 2. The van der Waals surface area contributed by atoms with Crippen molar-refractivity contribution in [1.29, 1.82) is 0 Å². The van der Waals surface area contributed by atoms with Gasteiger partial charge in [0, 0.05) is 24.2 Å². The average molecular weight is 439 g/mol. The van der Waals surface area contributed by atoms with Gasteiger partial charge in [0.25, 0.3) is 0 Å². The van der Waals surface area contributed by atoms with Crippen LogP contribution in [0.2, 0.25) is 0 Å². The molecule has 0 radical (unpaired) electrons. The lowest BCUT2D eigenvalue weighted by Gasteiger charge is -2.29. The molecule has 3 unspecified atom stereocenters. The zero-order valence-electron chi connectivity index (χ0n) is 17.4. The van der Waals surface area contributed by atoms with E-state index in [1.54, 1.807) is 0 Å². The Hall–Kier alpha value is -1.56. The number of hydrogen-bond donors (Lipinski definition) is 2. The Morgan fingerprint density at radius 1 is 1.17 bits per heavy atom. The zero-order chi connectivity index (χ0) is 19.0. The lowest BCUT2D eigenvalue weighted by Crippen LogP contribution is -2.40. The number of aromatic nitrogens is 2. The van der Waals surface area contributed by atoms with E-state index in [-0.39, 0.29) is 36.8 Å². The van der Waals surface area contributed by atoms with Crippen molar-refractivity contribution in [2.75, 3.05) is 0 Å². The number of carbonyl (C=O) groups is 1. The Morgan fingerprint density at radius 3 is 2.34 bits per heavy atom. The van der Waals surface area contributed by atoms with E-state index in [0.29, 0.717) is 24.4 Å². The first-order chi connectivity index (χ1) is 13.0. The smallest absolute Gasteiger partial charge is 0.220 e. The third kappa shape index (κ3) is 5.53. The molecule has 3 atom stereocenters. The van der Waals surface area contributed by atoms with Gasteiger partial charge in [-0.25, -0.2) is 4.68 Å². The highest BCUT2D eigenvalue weighted by molar-refractivity contribution is 5.85. The molecule has 5 nitrogen and oxygen atoms in total. The summed E-state index contributed by atoms with van der Waals surface area (Å²) in [5.41, 5.74) is 4.31. The molecule has 2 aliphatic rings. The molecule has 3 heterocycles. The van der Waals surface area contributed by atoms with E-state index in [9.17, 15) is 4.79 Å². The van der Waals surface area contributed by atoms with Crippen molar-refractivity contribution in [3.05, 3.63) is 47.3 Å². The number of halogens is 2. The van der Waals surface area contributed by atoms with Crippen LogP contribution >= 0.6 is 24.8 Å². The number of nitrogens with one attached hydrogen (secondary N) is 2. The molecule has 2 fully saturated rings. The molecule has 1 aromatic carbocycles. The third-order valence-electron chi connectivity index (χ3n) is 6.07. The second kappa shape index (κ2) is 9.96. The van der Waals surface area contributed by atoms with Gasteiger partial charge in [-0.1, -0.05) is 12.1 Å². The molecule has 1 amide bonds. The number of hydrogen-bond acceptors (Lipinski definition) is 3. The van der Waals surface area contributed by atoms with Crippen LogP contribution < -0.4 is 10.6 Å². The number of rotatable bonds is 5. The average Bonchev–Trinajstić information content (AvgIpc) is 3.15. The molecular formula is C22H32Cl2N4O. The molecule has 2 bridgehead atoms. The van der Waals surface area contributed by atoms with E-state index >= 15 is 0 Å². The van der Waals surface area contributed by atoms with Gasteiger partial charge >= 0.3 is 0 Å². The highest BCUT2D eigenvalue weighted by atomic mass is 35.5. The number of nitrogens with zero attached hydrogens (tertiary/aromatic N) is 2. The van der Waals surface area contributed by atoms with Crippen LogP contribution in [0.25, 0.3) is 5.69 Å². The minimum atomic E-state index is 0. The summed E-state index contributed by atoms with van der Waals surface area (Å²) in [6.07, 6.45) is 5.51. The fourth-order valence-corrected chi connectivity index (χ4v) is 4.78. The predicted octanol–water partition coefficient (Wildman–Crippen LogP) is 4.43. The zero-order valence-corrected chi connectivity index (χ0v) is 19.0. The number of amides is 1. The van der Waals surface area contributed by atoms with Crippen LogP contribution in [-0.4, -0.2) is 27.8 Å².